The molecule has 3 rings (SSSR count). The van der Waals surface area contributed by atoms with Crippen molar-refractivity contribution in [3.05, 3.63) is 0 Å². The summed E-state index contributed by atoms with van der Waals surface area (Å²) in [4.78, 5) is 2.77. The van der Waals surface area contributed by atoms with Crippen molar-refractivity contribution < 1.29 is 5.11 Å². The van der Waals surface area contributed by atoms with Crippen LogP contribution in [0.1, 0.15) is 64.7 Å². The van der Waals surface area contributed by atoms with E-state index in [0.29, 0.717) is 18.1 Å². The number of rotatable bonds is 5. The molecule has 0 amide bonds. The first-order valence-corrected chi connectivity index (χ1v) is 9.32. The third kappa shape index (κ3) is 3.46. The smallest absolute Gasteiger partial charge is 0.0570 e. The lowest BCUT2D eigenvalue weighted by Crippen LogP contribution is -2.51. The monoisotopic (exact) mass is 294 g/mol. The molecule has 3 heteroatoms. The third-order valence-electron chi connectivity index (χ3n) is 6.46. The highest BCUT2D eigenvalue weighted by Gasteiger charge is 2.42. The largest absolute Gasteiger partial charge is 0.393 e. The van der Waals surface area contributed by atoms with Crippen LogP contribution in [0.3, 0.4) is 0 Å². The first kappa shape index (κ1) is 15.8. The van der Waals surface area contributed by atoms with Gasteiger partial charge in [-0.25, -0.2) is 0 Å². The molecule has 2 heterocycles. The summed E-state index contributed by atoms with van der Waals surface area (Å²) in [5.74, 6) is 1.77. The average Bonchev–Trinajstić information content (AvgIpc) is 2.71. The average molecular weight is 294 g/mol. The Labute approximate surface area is 130 Å². The molecular formula is C18H34N2O. The molecule has 0 aromatic carbocycles. The molecule has 0 spiro atoms. The summed E-state index contributed by atoms with van der Waals surface area (Å²) in [7, 11) is 2.15. The Morgan fingerprint density at radius 3 is 2.38 bits per heavy atom. The van der Waals surface area contributed by atoms with Crippen molar-refractivity contribution in [2.45, 2.75) is 88.9 Å². The van der Waals surface area contributed by atoms with E-state index in [2.05, 4.69) is 24.2 Å². The van der Waals surface area contributed by atoms with Crippen LogP contribution < -0.4 is 5.32 Å². The predicted molar refractivity (Wildman–Crippen MR) is 87.3 cm³/mol. The van der Waals surface area contributed by atoms with Gasteiger partial charge in [-0.2, -0.15) is 0 Å². The van der Waals surface area contributed by atoms with Gasteiger partial charge in [-0.15, -0.1) is 0 Å². The molecule has 1 saturated carbocycles. The maximum Gasteiger partial charge on any atom is 0.0570 e. The summed E-state index contributed by atoms with van der Waals surface area (Å²) in [5, 5.41) is 13.6. The zero-order chi connectivity index (χ0) is 14.8. The number of aliphatic hydroxyl groups is 1. The fraction of sp³-hybridized carbons (Fsp3) is 1.00. The summed E-state index contributed by atoms with van der Waals surface area (Å²) < 4.78 is 0. The van der Waals surface area contributed by atoms with Crippen LogP contribution in [-0.2, 0) is 0 Å². The summed E-state index contributed by atoms with van der Waals surface area (Å²) in [5.41, 5.74) is 0. The molecule has 0 aromatic rings. The summed E-state index contributed by atoms with van der Waals surface area (Å²) in [6.45, 7) is 3.60. The molecule has 2 bridgehead atoms. The van der Waals surface area contributed by atoms with Crippen molar-refractivity contribution in [3.63, 3.8) is 0 Å². The highest BCUT2D eigenvalue weighted by molar-refractivity contribution is 4.97. The van der Waals surface area contributed by atoms with E-state index in [9.17, 15) is 5.11 Å². The summed E-state index contributed by atoms with van der Waals surface area (Å²) in [6, 6.07) is 2.05. The maximum atomic E-state index is 9.98. The van der Waals surface area contributed by atoms with Gasteiger partial charge >= 0.3 is 0 Å². The van der Waals surface area contributed by atoms with Crippen LogP contribution in [0.4, 0.5) is 0 Å². The van der Waals surface area contributed by atoms with Crippen molar-refractivity contribution in [2.24, 2.45) is 11.8 Å². The second-order valence-electron chi connectivity index (χ2n) is 7.83. The first-order chi connectivity index (χ1) is 10.2. The molecule has 122 valence electrons. The third-order valence-corrected chi connectivity index (χ3v) is 6.46. The van der Waals surface area contributed by atoms with Crippen molar-refractivity contribution in [1.82, 2.24) is 10.2 Å². The first-order valence-electron chi connectivity index (χ1n) is 9.32. The number of aliphatic hydroxyl groups excluding tert-OH is 1. The van der Waals surface area contributed by atoms with Crippen LogP contribution in [-0.4, -0.2) is 47.8 Å². The van der Waals surface area contributed by atoms with Gasteiger partial charge in [-0.05, 0) is 63.8 Å². The fourth-order valence-corrected chi connectivity index (χ4v) is 5.43. The number of nitrogens with one attached hydrogen (secondary N) is 1. The normalized spacial score (nSPS) is 44.1. The molecule has 2 saturated heterocycles. The van der Waals surface area contributed by atoms with Crippen molar-refractivity contribution in [2.75, 3.05) is 13.6 Å². The van der Waals surface area contributed by atoms with E-state index in [1.807, 2.05) is 0 Å². The standard InChI is InChI=1S/C18H34N2O/c1-3-4-13-5-8-18(19-2)14(9-13)12-20-15-6-7-16(20)11-17(21)10-15/h13-19,21H,3-12H2,1-2H3. The minimum Gasteiger partial charge on any atom is -0.393 e. The van der Waals surface area contributed by atoms with Crippen LogP contribution in [0.15, 0.2) is 0 Å². The van der Waals surface area contributed by atoms with Gasteiger partial charge in [0.25, 0.3) is 0 Å². The number of piperidine rings is 1. The molecule has 3 nitrogen and oxygen atoms in total. The molecule has 5 atom stereocenters. The number of nitrogens with zero attached hydrogens (tertiary/aromatic N) is 1. The molecule has 3 fully saturated rings. The zero-order valence-electron chi connectivity index (χ0n) is 13.9. The zero-order valence-corrected chi connectivity index (χ0v) is 13.9. The van der Waals surface area contributed by atoms with E-state index in [1.165, 1.54) is 51.5 Å². The maximum absolute atomic E-state index is 9.98. The van der Waals surface area contributed by atoms with Crippen LogP contribution >= 0.6 is 0 Å². The van der Waals surface area contributed by atoms with Gasteiger partial charge in [-0.1, -0.05) is 19.8 Å². The second kappa shape index (κ2) is 6.97. The van der Waals surface area contributed by atoms with Gasteiger partial charge in [-0.3, -0.25) is 4.90 Å². The minimum absolute atomic E-state index is 0.0296. The van der Waals surface area contributed by atoms with E-state index in [1.54, 1.807) is 0 Å². The van der Waals surface area contributed by atoms with Crippen molar-refractivity contribution in [3.8, 4) is 0 Å². The topological polar surface area (TPSA) is 35.5 Å². The molecule has 5 unspecified atom stereocenters. The van der Waals surface area contributed by atoms with E-state index in [4.69, 9.17) is 0 Å². The lowest BCUT2D eigenvalue weighted by atomic mass is 9.75. The van der Waals surface area contributed by atoms with E-state index < -0.39 is 0 Å². The van der Waals surface area contributed by atoms with Crippen LogP contribution in [0.25, 0.3) is 0 Å². The lowest BCUT2D eigenvalue weighted by molar-refractivity contribution is 0.0162. The Hall–Kier alpha value is -0.120. The van der Waals surface area contributed by atoms with E-state index >= 15 is 0 Å². The van der Waals surface area contributed by atoms with Gasteiger partial charge in [0, 0.05) is 24.7 Å². The Morgan fingerprint density at radius 2 is 1.76 bits per heavy atom. The highest BCUT2D eigenvalue weighted by Crippen LogP contribution is 2.39. The van der Waals surface area contributed by atoms with Gasteiger partial charge in [0.2, 0.25) is 0 Å². The molecule has 2 aliphatic heterocycles. The quantitative estimate of drug-likeness (QED) is 0.818. The Bertz CT molecular complexity index is 321. The molecule has 2 N–H and O–H groups in total. The molecule has 0 radical (unpaired) electrons. The Morgan fingerprint density at radius 1 is 1.05 bits per heavy atom. The minimum atomic E-state index is -0.0296. The van der Waals surface area contributed by atoms with Crippen LogP contribution in [0.2, 0.25) is 0 Å². The van der Waals surface area contributed by atoms with Gasteiger partial charge in [0.05, 0.1) is 6.10 Å². The van der Waals surface area contributed by atoms with Crippen molar-refractivity contribution in [1.29, 1.82) is 0 Å². The number of hydrogen-bond acceptors (Lipinski definition) is 3. The summed E-state index contributed by atoms with van der Waals surface area (Å²) >= 11 is 0. The SMILES string of the molecule is CCCC1CCC(NC)C(CN2C3CCC2CC(O)C3)C1. The Kier molecular flexibility index (Phi) is 5.23. The highest BCUT2D eigenvalue weighted by atomic mass is 16.3. The molecular weight excluding hydrogens is 260 g/mol. The van der Waals surface area contributed by atoms with Crippen molar-refractivity contribution >= 4 is 0 Å². The van der Waals surface area contributed by atoms with Gasteiger partial charge in [0.15, 0.2) is 0 Å². The molecule has 21 heavy (non-hydrogen) atoms. The predicted octanol–water partition coefficient (Wildman–Crippen LogP) is 2.78. The van der Waals surface area contributed by atoms with E-state index in [-0.39, 0.29) is 6.10 Å². The second-order valence-corrected chi connectivity index (χ2v) is 7.83. The fourth-order valence-electron chi connectivity index (χ4n) is 5.43. The number of fused-ring (bicyclic) bond motifs is 2. The summed E-state index contributed by atoms with van der Waals surface area (Å²) in [6.07, 6.45) is 11.6. The molecule has 1 aliphatic carbocycles. The number of hydrogen-bond donors (Lipinski definition) is 2. The van der Waals surface area contributed by atoms with Gasteiger partial charge < -0.3 is 10.4 Å². The van der Waals surface area contributed by atoms with Gasteiger partial charge in [0.1, 0.15) is 0 Å². The molecule has 3 aliphatic rings. The van der Waals surface area contributed by atoms with E-state index in [0.717, 1.165) is 24.7 Å². The lowest BCUT2D eigenvalue weighted by Gasteiger charge is -2.43. The molecule has 0 aromatic heterocycles. The van der Waals surface area contributed by atoms with Crippen LogP contribution in [0, 0.1) is 11.8 Å². The van der Waals surface area contributed by atoms with Crippen LogP contribution in [0.5, 0.6) is 0 Å². The Balaban J connectivity index is 1.61.